The molecule has 2 unspecified atom stereocenters. The van der Waals surface area contributed by atoms with E-state index in [9.17, 15) is 24.3 Å². The number of hydrogen-bond acceptors (Lipinski definition) is 7. The highest BCUT2D eigenvalue weighted by Gasteiger charge is 2.37. The molecule has 0 fully saturated rings. The van der Waals surface area contributed by atoms with Crippen LogP contribution < -0.4 is 0 Å². The van der Waals surface area contributed by atoms with Gasteiger partial charge in [-0.25, -0.2) is 4.79 Å². The van der Waals surface area contributed by atoms with E-state index in [0.717, 1.165) is 34.7 Å². The van der Waals surface area contributed by atoms with Crippen LogP contribution in [0.25, 0.3) is 0 Å². The van der Waals surface area contributed by atoms with Crippen LogP contribution in [0.1, 0.15) is 31.8 Å². The van der Waals surface area contributed by atoms with Crippen LogP contribution in [0, 0.1) is 0 Å². The van der Waals surface area contributed by atoms with Gasteiger partial charge in [-0.2, -0.15) is 0 Å². The summed E-state index contributed by atoms with van der Waals surface area (Å²) in [5.41, 5.74) is 2.70. The van der Waals surface area contributed by atoms with Crippen molar-refractivity contribution in [3.63, 3.8) is 0 Å². The van der Waals surface area contributed by atoms with Gasteiger partial charge in [0.25, 0.3) is 0 Å². The van der Waals surface area contributed by atoms with E-state index >= 15 is 0 Å². The van der Waals surface area contributed by atoms with Gasteiger partial charge >= 0.3 is 6.16 Å². The highest BCUT2D eigenvalue weighted by molar-refractivity contribution is 8.18. The van der Waals surface area contributed by atoms with E-state index in [-0.39, 0.29) is 28.9 Å². The normalized spacial score (nSPS) is 15.4. The zero-order valence-electron chi connectivity index (χ0n) is 19.1. The summed E-state index contributed by atoms with van der Waals surface area (Å²) in [7, 11) is 0. The van der Waals surface area contributed by atoms with Crippen molar-refractivity contribution >= 4 is 45.8 Å². The van der Waals surface area contributed by atoms with E-state index in [1.165, 1.54) is 4.90 Å². The second-order valence-electron chi connectivity index (χ2n) is 8.00. The van der Waals surface area contributed by atoms with Gasteiger partial charge in [0.05, 0.1) is 0 Å². The summed E-state index contributed by atoms with van der Waals surface area (Å²) in [4.78, 5) is 52.2. The summed E-state index contributed by atoms with van der Waals surface area (Å²) in [5.74, 6) is -0.424. The molecule has 1 heterocycles. The second-order valence-corrected chi connectivity index (χ2v) is 10.2. The molecule has 0 radical (unpaired) electrons. The Morgan fingerprint density at radius 3 is 2.00 bits per heavy atom. The van der Waals surface area contributed by atoms with Crippen molar-refractivity contribution in [1.82, 2.24) is 4.90 Å². The molecule has 0 spiro atoms. The standard InChI is InChI=1S/C27H23NO6S2/c29-24(28-16-21-14-8-7-13-20(21)15-23(28)34-27(32)33)22(36-26(31)19-11-5-2-6-12-19)17-35-25(30)18-9-3-1-4-10-18/h1-14,22-23H,15-17H2,(H,32,33). The Morgan fingerprint density at radius 2 is 1.39 bits per heavy atom. The Kier molecular flexibility index (Phi) is 8.45. The predicted molar refractivity (Wildman–Crippen MR) is 139 cm³/mol. The summed E-state index contributed by atoms with van der Waals surface area (Å²) in [6, 6.07) is 24.7. The SMILES string of the molecule is O=C(O)OC1Cc2ccccc2CN1C(=O)C(CSC(=O)c1ccccc1)SC(=O)c1ccccc1. The first-order valence-electron chi connectivity index (χ1n) is 11.2. The molecular weight excluding hydrogens is 498 g/mol. The summed E-state index contributed by atoms with van der Waals surface area (Å²) in [5, 5.41) is 7.82. The fourth-order valence-corrected chi connectivity index (χ4v) is 5.85. The molecule has 0 aromatic heterocycles. The quantitative estimate of drug-likeness (QED) is 0.428. The Bertz CT molecular complexity index is 1250. The molecule has 4 rings (SSSR count). The topological polar surface area (TPSA) is 101 Å². The fourth-order valence-electron chi connectivity index (χ4n) is 3.86. The van der Waals surface area contributed by atoms with Gasteiger partial charge in [0.1, 0.15) is 5.25 Å². The summed E-state index contributed by atoms with van der Waals surface area (Å²) >= 11 is 1.78. The van der Waals surface area contributed by atoms with E-state index in [4.69, 9.17) is 4.74 Å². The van der Waals surface area contributed by atoms with Crippen molar-refractivity contribution in [3.8, 4) is 0 Å². The van der Waals surface area contributed by atoms with Gasteiger partial charge in [0.15, 0.2) is 6.23 Å². The highest BCUT2D eigenvalue weighted by atomic mass is 32.2. The lowest BCUT2D eigenvalue weighted by atomic mass is 9.98. The molecule has 9 heteroatoms. The molecule has 1 amide bonds. The summed E-state index contributed by atoms with van der Waals surface area (Å²) < 4.78 is 5.07. The number of carbonyl (C=O) groups is 4. The van der Waals surface area contributed by atoms with Crippen LogP contribution in [0.3, 0.4) is 0 Å². The minimum Gasteiger partial charge on any atom is -0.450 e. The third kappa shape index (κ3) is 6.35. The third-order valence-electron chi connectivity index (χ3n) is 5.63. The molecule has 2 atom stereocenters. The van der Waals surface area contributed by atoms with Gasteiger partial charge < -0.3 is 14.7 Å². The number of thioether (sulfide) groups is 2. The fraction of sp³-hybridized carbons (Fsp3) is 0.185. The van der Waals surface area contributed by atoms with E-state index in [2.05, 4.69) is 0 Å². The van der Waals surface area contributed by atoms with Crippen LogP contribution in [0.5, 0.6) is 0 Å². The molecule has 1 N–H and O–H groups in total. The van der Waals surface area contributed by atoms with Crippen molar-refractivity contribution in [2.24, 2.45) is 0 Å². The molecule has 1 aliphatic heterocycles. The predicted octanol–water partition coefficient (Wildman–Crippen LogP) is 5.11. The van der Waals surface area contributed by atoms with Gasteiger partial charge in [-0.05, 0) is 11.1 Å². The van der Waals surface area contributed by atoms with Crippen LogP contribution in [0.15, 0.2) is 84.9 Å². The van der Waals surface area contributed by atoms with E-state index in [1.54, 1.807) is 60.7 Å². The van der Waals surface area contributed by atoms with Crippen molar-refractivity contribution < 1.29 is 29.0 Å². The number of rotatable bonds is 7. The number of fused-ring (bicyclic) bond motifs is 1. The molecule has 0 saturated carbocycles. The first-order valence-corrected chi connectivity index (χ1v) is 13.0. The zero-order valence-corrected chi connectivity index (χ0v) is 20.7. The lowest BCUT2D eigenvalue weighted by Gasteiger charge is -2.37. The van der Waals surface area contributed by atoms with Gasteiger partial charge in [-0.15, -0.1) is 0 Å². The average molecular weight is 522 g/mol. The number of carbonyl (C=O) groups excluding carboxylic acids is 3. The molecule has 1 aliphatic rings. The lowest BCUT2D eigenvalue weighted by molar-refractivity contribution is -0.143. The van der Waals surface area contributed by atoms with Crippen molar-refractivity contribution in [1.29, 1.82) is 0 Å². The number of benzene rings is 3. The Balaban J connectivity index is 1.58. The maximum absolute atomic E-state index is 13.8. The minimum absolute atomic E-state index is 0.0355. The molecule has 36 heavy (non-hydrogen) atoms. The molecule has 0 saturated heterocycles. The number of ether oxygens (including phenoxy) is 1. The average Bonchev–Trinajstić information content (AvgIpc) is 2.90. The smallest absolute Gasteiger partial charge is 0.450 e. The second kappa shape index (κ2) is 11.9. The van der Waals surface area contributed by atoms with Gasteiger partial charge in [-0.3, -0.25) is 14.4 Å². The van der Waals surface area contributed by atoms with Crippen molar-refractivity contribution in [2.45, 2.75) is 24.4 Å². The summed E-state index contributed by atoms with van der Waals surface area (Å²) in [6.45, 7) is 0.140. The zero-order chi connectivity index (χ0) is 25.5. The molecule has 0 aliphatic carbocycles. The molecule has 3 aromatic rings. The van der Waals surface area contributed by atoms with Gasteiger partial charge in [-0.1, -0.05) is 108 Å². The maximum Gasteiger partial charge on any atom is 0.507 e. The molecule has 7 nitrogen and oxygen atoms in total. The van der Waals surface area contributed by atoms with E-state index < -0.39 is 23.5 Å². The molecule has 0 bridgehead atoms. The van der Waals surface area contributed by atoms with Crippen LogP contribution in [-0.2, 0) is 22.5 Å². The summed E-state index contributed by atoms with van der Waals surface area (Å²) in [6.07, 6.45) is -2.32. The first kappa shape index (κ1) is 25.5. The van der Waals surface area contributed by atoms with E-state index in [0.29, 0.717) is 11.1 Å². The van der Waals surface area contributed by atoms with Crippen molar-refractivity contribution in [3.05, 3.63) is 107 Å². The van der Waals surface area contributed by atoms with Gasteiger partial charge in [0.2, 0.25) is 16.1 Å². The number of hydrogen-bond donors (Lipinski definition) is 1. The third-order valence-corrected chi connectivity index (χ3v) is 7.94. The largest absolute Gasteiger partial charge is 0.507 e. The van der Waals surface area contributed by atoms with Gasteiger partial charge in [0, 0.05) is 29.8 Å². The Hall–Kier alpha value is -3.56. The van der Waals surface area contributed by atoms with Crippen LogP contribution >= 0.6 is 23.5 Å². The minimum atomic E-state index is -1.49. The first-order chi connectivity index (χ1) is 17.4. The van der Waals surface area contributed by atoms with Crippen LogP contribution in [0.2, 0.25) is 0 Å². The lowest BCUT2D eigenvalue weighted by Crippen LogP contribution is -2.50. The molecular formula is C27H23NO6S2. The number of carboxylic acid groups (broad SMARTS) is 1. The highest BCUT2D eigenvalue weighted by Crippen LogP contribution is 2.30. The number of amides is 1. The monoisotopic (exact) mass is 521 g/mol. The Labute approximate surface area is 216 Å². The number of nitrogens with zero attached hydrogens (tertiary/aromatic N) is 1. The molecule has 184 valence electrons. The van der Waals surface area contributed by atoms with E-state index in [1.807, 2.05) is 24.3 Å². The molecule has 3 aromatic carbocycles. The van der Waals surface area contributed by atoms with Crippen LogP contribution in [-0.4, -0.2) is 49.5 Å². The van der Waals surface area contributed by atoms with Crippen LogP contribution in [0.4, 0.5) is 4.79 Å². The Morgan fingerprint density at radius 1 is 0.833 bits per heavy atom. The van der Waals surface area contributed by atoms with Crippen molar-refractivity contribution in [2.75, 3.05) is 5.75 Å². The maximum atomic E-state index is 13.8.